The van der Waals surface area contributed by atoms with Crippen LogP contribution in [0.15, 0.2) is 65.1 Å². The van der Waals surface area contributed by atoms with Crippen LogP contribution < -0.4 is 0 Å². The van der Waals surface area contributed by atoms with E-state index in [9.17, 15) is 23.1 Å². The number of likely N-dealkylation sites (tertiary alicyclic amines) is 1. The number of amides is 1. The Hall–Kier alpha value is -3.05. The second-order valence-corrected chi connectivity index (χ2v) is 11.2. The third-order valence-electron chi connectivity index (χ3n) is 6.52. The molecular formula is C26H31N3O6S. The first kappa shape index (κ1) is 26.0. The van der Waals surface area contributed by atoms with Crippen molar-refractivity contribution in [2.75, 3.05) is 53.5 Å². The van der Waals surface area contributed by atoms with Crippen LogP contribution in [0.4, 0.5) is 0 Å². The number of sulfonamides is 1. The molecular weight excluding hydrogens is 482 g/mol. The molecule has 2 fully saturated rings. The highest BCUT2D eigenvalue weighted by Crippen LogP contribution is 2.39. The van der Waals surface area contributed by atoms with Gasteiger partial charge in [0.2, 0.25) is 10.0 Å². The summed E-state index contributed by atoms with van der Waals surface area (Å²) in [4.78, 5) is 30.1. The maximum atomic E-state index is 13.2. The van der Waals surface area contributed by atoms with Crippen molar-refractivity contribution >= 4 is 27.5 Å². The fraction of sp³-hybridized carbons (Fsp3) is 0.385. The minimum atomic E-state index is -3.76. The number of nitrogens with zero attached hydrogens (tertiary/aromatic N) is 3. The zero-order valence-corrected chi connectivity index (χ0v) is 21.3. The number of hydrogen-bond donors (Lipinski definition) is 1. The third-order valence-corrected chi connectivity index (χ3v) is 8.33. The Labute approximate surface area is 211 Å². The number of carbonyl (C=O) groups is 2. The second-order valence-electron chi connectivity index (χ2n) is 9.03. The molecule has 1 atom stereocenters. The van der Waals surface area contributed by atoms with Crippen molar-refractivity contribution in [1.29, 1.82) is 0 Å². The Balaban J connectivity index is 1.70. The van der Waals surface area contributed by atoms with Gasteiger partial charge in [0.05, 0.1) is 29.7 Å². The minimum Gasteiger partial charge on any atom is -0.507 e. The molecule has 36 heavy (non-hydrogen) atoms. The Morgan fingerprint density at radius 2 is 1.72 bits per heavy atom. The summed E-state index contributed by atoms with van der Waals surface area (Å²) in [6, 6.07) is 14.1. The Bertz CT molecular complexity index is 1250. The Kier molecular flexibility index (Phi) is 7.89. The first-order valence-corrected chi connectivity index (χ1v) is 13.3. The molecule has 1 amide bonds. The summed E-state index contributed by atoms with van der Waals surface area (Å²) < 4.78 is 31.7. The molecule has 0 radical (unpaired) electrons. The highest BCUT2D eigenvalue weighted by molar-refractivity contribution is 7.89. The predicted molar refractivity (Wildman–Crippen MR) is 135 cm³/mol. The van der Waals surface area contributed by atoms with Crippen molar-refractivity contribution in [3.05, 3.63) is 71.3 Å². The van der Waals surface area contributed by atoms with Crippen LogP contribution >= 0.6 is 0 Å². The van der Waals surface area contributed by atoms with Gasteiger partial charge in [0, 0.05) is 45.8 Å². The minimum absolute atomic E-state index is 0.0208. The van der Waals surface area contributed by atoms with E-state index >= 15 is 0 Å². The number of ether oxygens (including phenoxy) is 1. The van der Waals surface area contributed by atoms with Gasteiger partial charge in [-0.25, -0.2) is 12.7 Å². The van der Waals surface area contributed by atoms with Crippen LogP contribution in [0.5, 0.6) is 0 Å². The summed E-state index contributed by atoms with van der Waals surface area (Å²) in [5.41, 5.74) is 0.809. The van der Waals surface area contributed by atoms with Crippen LogP contribution in [0, 0.1) is 0 Å². The largest absolute Gasteiger partial charge is 0.507 e. The Morgan fingerprint density at radius 3 is 2.39 bits per heavy atom. The number of aliphatic hydroxyl groups excluding tert-OH is 1. The van der Waals surface area contributed by atoms with Crippen LogP contribution in [0.1, 0.15) is 23.6 Å². The number of aliphatic hydroxyl groups is 1. The number of rotatable bonds is 8. The molecule has 0 aliphatic carbocycles. The van der Waals surface area contributed by atoms with Gasteiger partial charge in [-0.15, -0.1) is 0 Å². The molecule has 0 saturated carbocycles. The molecule has 192 valence electrons. The van der Waals surface area contributed by atoms with Crippen molar-refractivity contribution in [2.24, 2.45) is 0 Å². The molecule has 2 saturated heterocycles. The lowest BCUT2D eigenvalue weighted by molar-refractivity contribution is -0.140. The lowest BCUT2D eigenvalue weighted by atomic mass is 9.95. The summed E-state index contributed by atoms with van der Waals surface area (Å²) in [5.74, 6) is -1.85. The lowest BCUT2D eigenvalue weighted by Crippen LogP contribution is -2.38. The number of morpholine rings is 1. The van der Waals surface area contributed by atoms with E-state index in [0.29, 0.717) is 31.7 Å². The molecule has 2 aromatic rings. The monoisotopic (exact) mass is 513 g/mol. The topological polar surface area (TPSA) is 107 Å². The number of carbonyl (C=O) groups excluding carboxylic acids is 2. The first-order valence-electron chi connectivity index (χ1n) is 11.9. The van der Waals surface area contributed by atoms with Gasteiger partial charge in [-0.2, -0.15) is 0 Å². The molecule has 10 heteroatoms. The van der Waals surface area contributed by atoms with E-state index < -0.39 is 33.5 Å². The molecule has 2 heterocycles. The number of ketones is 1. The van der Waals surface area contributed by atoms with Crippen molar-refractivity contribution in [1.82, 2.24) is 14.1 Å². The van der Waals surface area contributed by atoms with Gasteiger partial charge in [-0.1, -0.05) is 42.5 Å². The molecule has 9 nitrogen and oxygen atoms in total. The predicted octanol–water partition coefficient (Wildman–Crippen LogP) is 2.08. The molecule has 0 bridgehead atoms. The highest BCUT2D eigenvalue weighted by atomic mass is 32.2. The van der Waals surface area contributed by atoms with E-state index in [0.717, 1.165) is 23.9 Å². The van der Waals surface area contributed by atoms with Crippen molar-refractivity contribution < 1.29 is 27.9 Å². The van der Waals surface area contributed by atoms with Crippen LogP contribution in [-0.4, -0.2) is 92.8 Å². The van der Waals surface area contributed by atoms with Crippen LogP contribution in [-0.2, 0) is 24.3 Å². The maximum absolute atomic E-state index is 13.2. The quantitative estimate of drug-likeness (QED) is 0.327. The third kappa shape index (κ3) is 5.22. The Morgan fingerprint density at radius 1 is 1.03 bits per heavy atom. The number of hydrogen-bond acceptors (Lipinski definition) is 7. The summed E-state index contributed by atoms with van der Waals surface area (Å²) in [6.07, 6.45) is 0.660. The normalized spacial score (nSPS) is 20.9. The molecule has 1 N–H and O–H groups in total. The molecule has 0 aromatic heterocycles. The second kappa shape index (κ2) is 10.9. The van der Waals surface area contributed by atoms with E-state index in [-0.39, 0.29) is 16.0 Å². The molecule has 2 aliphatic heterocycles. The van der Waals surface area contributed by atoms with E-state index in [1.54, 1.807) is 0 Å². The van der Waals surface area contributed by atoms with Gasteiger partial charge in [-0.3, -0.25) is 14.5 Å². The zero-order valence-electron chi connectivity index (χ0n) is 20.5. The summed E-state index contributed by atoms with van der Waals surface area (Å²) in [6.45, 7) is 4.11. The summed E-state index contributed by atoms with van der Waals surface area (Å²) >= 11 is 0. The first-order chi connectivity index (χ1) is 17.2. The fourth-order valence-corrected chi connectivity index (χ4v) is 5.50. The summed E-state index contributed by atoms with van der Waals surface area (Å²) in [7, 11) is -0.923. The lowest BCUT2D eigenvalue weighted by Gasteiger charge is -2.29. The smallest absolute Gasteiger partial charge is 0.295 e. The molecule has 2 aliphatic rings. The van der Waals surface area contributed by atoms with E-state index in [2.05, 4.69) is 4.90 Å². The molecule has 1 unspecified atom stereocenters. The fourth-order valence-electron chi connectivity index (χ4n) is 4.55. The SMILES string of the molecule is CN(C)S(=O)(=O)c1cccc(C(O)=C2C(=O)C(=O)N(CCCN3CCOCC3)C2c2ccccc2)c1. The maximum Gasteiger partial charge on any atom is 0.295 e. The molecule has 4 rings (SSSR count). The average Bonchev–Trinajstić information content (AvgIpc) is 3.14. The average molecular weight is 514 g/mol. The van der Waals surface area contributed by atoms with Gasteiger partial charge >= 0.3 is 0 Å². The van der Waals surface area contributed by atoms with Crippen LogP contribution in [0.3, 0.4) is 0 Å². The number of benzene rings is 2. The van der Waals surface area contributed by atoms with E-state index in [1.807, 2.05) is 30.3 Å². The summed E-state index contributed by atoms with van der Waals surface area (Å²) in [5, 5.41) is 11.3. The van der Waals surface area contributed by atoms with Gasteiger partial charge < -0.3 is 14.7 Å². The van der Waals surface area contributed by atoms with E-state index in [4.69, 9.17) is 4.74 Å². The van der Waals surface area contributed by atoms with Gasteiger partial charge in [0.15, 0.2) is 0 Å². The van der Waals surface area contributed by atoms with Gasteiger partial charge in [-0.05, 0) is 24.1 Å². The van der Waals surface area contributed by atoms with Crippen LogP contribution in [0.25, 0.3) is 5.76 Å². The molecule has 0 spiro atoms. The van der Waals surface area contributed by atoms with Crippen molar-refractivity contribution in [3.8, 4) is 0 Å². The van der Waals surface area contributed by atoms with Gasteiger partial charge in [0.1, 0.15) is 5.76 Å². The van der Waals surface area contributed by atoms with E-state index in [1.165, 1.54) is 43.3 Å². The van der Waals surface area contributed by atoms with Crippen molar-refractivity contribution in [2.45, 2.75) is 17.4 Å². The molecule has 2 aromatic carbocycles. The van der Waals surface area contributed by atoms with Crippen LogP contribution in [0.2, 0.25) is 0 Å². The number of Topliss-reactive ketones (excluding diaryl/α,β-unsaturated/α-hetero) is 1. The highest BCUT2D eigenvalue weighted by Gasteiger charge is 2.45. The standard InChI is InChI=1S/C26H31N3O6S/c1-27(2)36(33,34)21-11-6-10-20(18-21)24(30)22-23(19-8-4-3-5-9-19)29(26(32)25(22)31)13-7-12-28-14-16-35-17-15-28/h3-6,8-11,18,23,30H,7,12-17H2,1-2H3. The van der Waals surface area contributed by atoms with Gasteiger partial charge in [0.25, 0.3) is 11.7 Å². The van der Waals surface area contributed by atoms with Crippen molar-refractivity contribution in [3.63, 3.8) is 0 Å². The zero-order chi connectivity index (χ0) is 25.9.